The van der Waals surface area contributed by atoms with Crippen molar-refractivity contribution < 1.29 is 8.78 Å². The Morgan fingerprint density at radius 2 is 2.16 bits per heavy atom. The molecule has 2 aromatic rings. The van der Waals surface area contributed by atoms with Gasteiger partial charge >= 0.3 is 0 Å². The summed E-state index contributed by atoms with van der Waals surface area (Å²) in [6, 6.07) is 3.21. The lowest BCUT2D eigenvalue weighted by molar-refractivity contribution is 0.506. The zero-order valence-corrected chi connectivity index (χ0v) is 11.0. The molecule has 0 radical (unpaired) electrons. The first-order valence-corrected chi connectivity index (χ1v) is 6.28. The number of likely N-dealkylation sites (N-methyl/N-ethyl adjacent to an activating group) is 1. The number of nitrogens with zero attached hydrogens (tertiary/aromatic N) is 2. The van der Waals surface area contributed by atoms with Gasteiger partial charge in [-0.05, 0) is 32.2 Å². The summed E-state index contributed by atoms with van der Waals surface area (Å²) in [5.41, 5.74) is 0.327. The molecular formula is C14H17F2N3. The third kappa shape index (κ3) is 2.98. The fourth-order valence-electron chi connectivity index (χ4n) is 2.15. The van der Waals surface area contributed by atoms with Crippen LogP contribution in [0.25, 0.3) is 0 Å². The third-order valence-electron chi connectivity index (χ3n) is 3.21. The second kappa shape index (κ2) is 5.93. The molecule has 1 atom stereocenters. The molecule has 1 aromatic heterocycles. The van der Waals surface area contributed by atoms with E-state index in [1.807, 2.05) is 17.7 Å². The number of benzene rings is 1. The third-order valence-corrected chi connectivity index (χ3v) is 3.21. The molecule has 2 rings (SSSR count). The van der Waals surface area contributed by atoms with Gasteiger partial charge in [0, 0.05) is 37.0 Å². The lowest BCUT2D eigenvalue weighted by atomic mass is 10.0. The Labute approximate surface area is 111 Å². The van der Waals surface area contributed by atoms with E-state index in [1.165, 1.54) is 6.07 Å². The highest BCUT2D eigenvalue weighted by Crippen LogP contribution is 2.21. The SMILES string of the molecule is CCn1ccnc1CC(NC)c1cc(F)ccc1F. The van der Waals surface area contributed by atoms with E-state index in [2.05, 4.69) is 10.3 Å². The van der Waals surface area contributed by atoms with E-state index >= 15 is 0 Å². The molecule has 19 heavy (non-hydrogen) atoms. The number of hydrogen-bond acceptors (Lipinski definition) is 2. The largest absolute Gasteiger partial charge is 0.335 e. The number of rotatable bonds is 5. The van der Waals surface area contributed by atoms with Crippen molar-refractivity contribution in [1.29, 1.82) is 0 Å². The van der Waals surface area contributed by atoms with Crippen LogP contribution in [0, 0.1) is 11.6 Å². The van der Waals surface area contributed by atoms with Crippen molar-refractivity contribution in [3.8, 4) is 0 Å². The lowest BCUT2D eigenvalue weighted by Crippen LogP contribution is -2.22. The van der Waals surface area contributed by atoms with Crippen molar-refractivity contribution in [2.75, 3.05) is 7.05 Å². The molecule has 0 saturated heterocycles. The molecule has 0 bridgehead atoms. The molecule has 102 valence electrons. The van der Waals surface area contributed by atoms with E-state index in [0.717, 1.165) is 24.5 Å². The van der Waals surface area contributed by atoms with Gasteiger partial charge in [0.25, 0.3) is 0 Å². The standard InChI is InChI=1S/C14H17F2N3/c1-3-19-7-6-18-14(19)9-13(17-2)11-8-10(15)4-5-12(11)16/h4-8,13,17H,3,9H2,1-2H3. The molecule has 0 amide bonds. The summed E-state index contributed by atoms with van der Waals surface area (Å²) in [5, 5.41) is 3.02. The normalized spacial score (nSPS) is 12.6. The van der Waals surface area contributed by atoms with Gasteiger partial charge in [-0.3, -0.25) is 0 Å². The molecule has 0 fully saturated rings. The van der Waals surface area contributed by atoms with E-state index in [-0.39, 0.29) is 6.04 Å². The molecule has 1 aromatic carbocycles. The van der Waals surface area contributed by atoms with Crippen molar-refractivity contribution in [2.24, 2.45) is 0 Å². The van der Waals surface area contributed by atoms with Crippen LogP contribution in [0.3, 0.4) is 0 Å². The minimum Gasteiger partial charge on any atom is -0.335 e. The van der Waals surface area contributed by atoms with Crippen LogP contribution in [-0.2, 0) is 13.0 Å². The van der Waals surface area contributed by atoms with Gasteiger partial charge in [-0.25, -0.2) is 13.8 Å². The summed E-state index contributed by atoms with van der Waals surface area (Å²) in [6.07, 6.45) is 4.11. The van der Waals surface area contributed by atoms with E-state index in [4.69, 9.17) is 0 Å². The maximum atomic E-state index is 13.8. The quantitative estimate of drug-likeness (QED) is 0.900. The van der Waals surface area contributed by atoms with Gasteiger partial charge in [0.2, 0.25) is 0 Å². The number of nitrogens with one attached hydrogen (secondary N) is 1. The predicted octanol–water partition coefficient (Wildman–Crippen LogP) is 2.68. The van der Waals surface area contributed by atoms with E-state index in [0.29, 0.717) is 12.0 Å². The first-order valence-electron chi connectivity index (χ1n) is 6.28. The van der Waals surface area contributed by atoms with Crippen molar-refractivity contribution >= 4 is 0 Å². The van der Waals surface area contributed by atoms with Gasteiger partial charge < -0.3 is 9.88 Å². The summed E-state index contributed by atoms with van der Waals surface area (Å²) in [6.45, 7) is 2.82. The fraction of sp³-hybridized carbons (Fsp3) is 0.357. The number of aryl methyl sites for hydroxylation is 1. The maximum Gasteiger partial charge on any atom is 0.128 e. The average molecular weight is 265 g/mol. The summed E-state index contributed by atoms with van der Waals surface area (Å²) < 4.78 is 29.0. The minimum absolute atomic E-state index is 0.302. The van der Waals surface area contributed by atoms with Gasteiger partial charge in [-0.1, -0.05) is 0 Å². The Balaban J connectivity index is 2.27. The van der Waals surface area contributed by atoms with Crippen molar-refractivity contribution in [3.05, 3.63) is 53.6 Å². The molecule has 0 aliphatic heterocycles. The van der Waals surface area contributed by atoms with Crippen LogP contribution in [0.1, 0.15) is 24.4 Å². The zero-order valence-electron chi connectivity index (χ0n) is 11.0. The van der Waals surface area contributed by atoms with Gasteiger partial charge in [-0.15, -0.1) is 0 Å². The molecule has 0 saturated carbocycles. The molecule has 3 nitrogen and oxygen atoms in total. The van der Waals surface area contributed by atoms with Crippen molar-refractivity contribution in [2.45, 2.75) is 25.9 Å². The van der Waals surface area contributed by atoms with Crippen LogP contribution in [-0.4, -0.2) is 16.6 Å². The molecule has 1 N–H and O–H groups in total. The molecule has 1 heterocycles. The average Bonchev–Trinajstić information content (AvgIpc) is 2.86. The number of imidazole rings is 1. The molecular weight excluding hydrogens is 248 g/mol. The zero-order chi connectivity index (χ0) is 13.8. The Morgan fingerprint density at radius 1 is 1.37 bits per heavy atom. The summed E-state index contributed by atoms with van der Waals surface area (Å²) in [7, 11) is 1.73. The van der Waals surface area contributed by atoms with Gasteiger partial charge in [0.05, 0.1) is 0 Å². The molecule has 0 spiro atoms. The van der Waals surface area contributed by atoms with Crippen LogP contribution in [0.15, 0.2) is 30.6 Å². The van der Waals surface area contributed by atoms with Gasteiger partial charge in [0.15, 0.2) is 0 Å². The van der Waals surface area contributed by atoms with Crippen molar-refractivity contribution in [1.82, 2.24) is 14.9 Å². The van der Waals surface area contributed by atoms with E-state index in [1.54, 1.807) is 13.2 Å². The monoisotopic (exact) mass is 265 g/mol. The van der Waals surface area contributed by atoms with Gasteiger partial charge in [-0.2, -0.15) is 0 Å². The number of aromatic nitrogens is 2. The summed E-state index contributed by atoms with van der Waals surface area (Å²) in [5.74, 6) is 0.0105. The summed E-state index contributed by atoms with van der Waals surface area (Å²) in [4.78, 5) is 4.26. The van der Waals surface area contributed by atoms with E-state index in [9.17, 15) is 8.78 Å². The number of halogens is 2. The van der Waals surface area contributed by atoms with Crippen LogP contribution >= 0.6 is 0 Å². The molecule has 5 heteroatoms. The van der Waals surface area contributed by atoms with Crippen molar-refractivity contribution in [3.63, 3.8) is 0 Å². The lowest BCUT2D eigenvalue weighted by Gasteiger charge is -2.17. The smallest absolute Gasteiger partial charge is 0.128 e. The Hall–Kier alpha value is -1.75. The van der Waals surface area contributed by atoms with Gasteiger partial charge in [0.1, 0.15) is 17.5 Å². The first kappa shape index (κ1) is 13.7. The predicted molar refractivity (Wildman–Crippen MR) is 69.8 cm³/mol. The maximum absolute atomic E-state index is 13.8. The molecule has 1 unspecified atom stereocenters. The summed E-state index contributed by atoms with van der Waals surface area (Å²) >= 11 is 0. The minimum atomic E-state index is -0.435. The Morgan fingerprint density at radius 3 is 2.84 bits per heavy atom. The topological polar surface area (TPSA) is 29.9 Å². The highest BCUT2D eigenvalue weighted by molar-refractivity contribution is 5.23. The highest BCUT2D eigenvalue weighted by Gasteiger charge is 2.17. The second-order valence-electron chi connectivity index (χ2n) is 4.34. The first-order chi connectivity index (χ1) is 9.15. The Bertz CT molecular complexity index is 551. The molecule has 0 aliphatic carbocycles. The van der Waals surface area contributed by atoms with Crippen LogP contribution in [0.4, 0.5) is 8.78 Å². The van der Waals surface area contributed by atoms with Crippen LogP contribution in [0.2, 0.25) is 0 Å². The fourth-order valence-corrected chi connectivity index (χ4v) is 2.15. The second-order valence-corrected chi connectivity index (χ2v) is 4.34. The van der Waals surface area contributed by atoms with E-state index < -0.39 is 11.6 Å². The van der Waals surface area contributed by atoms with Crippen LogP contribution in [0.5, 0.6) is 0 Å². The Kier molecular flexibility index (Phi) is 4.27. The number of hydrogen-bond donors (Lipinski definition) is 1. The van der Waals surface area contributed by atoms with Crippen LogP contribution < -0.4 is 5.32 Å². The molecule has 0 aliphatic rings. The highest BCUT2D eigenvalue weighted by atomic mass is 19.1.